The molecule has 0 saturated carbocycles. The quantitative estimate of drug-likeness (QED) is 0.105. The summed E-state index contributed by atoms with van der Waals surface area (Å²) in [5.41, 5.74) is 0.602. The van der Waals surface area contributed by atoms with Crippen LogP contribution < -0.4 is 9.47 Å². The first-order valence-electron chi connectivity index (χ1n) is 19.3. The van der Waals surface area contributed by atoms with Gasteiger partial charge in [0.1, 0.15) is 22.9 Å². The Morgan fingerprint density at radius 3 is 1.74 bits per heavy atom. The maximum absolute atomic E-state index is 13.2. The average molecular weight is 762 g/mol. The van der Waals surface area contributed by atoms with Crippen LogP contribution in [0, 0.1) is 16.2 Å². The highest BCUT2D eigenvalue weighted by atomic mass is 32.1. The average Bonchev–Trinajstić information content (AvgIpc) is 3.67. The number of hydrogen-bond donors (Lipinski definition) is 0. The number of carbonyl (C=O) groups excluding carboxylic acids is 4. The van der Waals surface area contributed by atoms with Crippen LogP contribution in [0.1, 0.15) is 140 Å². The molecule has 0 radical (unpaired) electrons. The van der Waals surface area contributed by atoms with Crippen molar-refractivity contribution in [3.63, 3.8) is 0 Å². The summed E-state index contributed by atoms with van der Waals surface area (Å²) >= 11 is 1.49. The number of rotatable bonds is 16. The van der Waals surface area contributed by atoms with E-state index in [0.29, 0.717) is 21.8 Å². The van der Waals surface area contributed by atoms with Crippen LogP contribution in [0.15, 0.2) is 40.8 Å². The van der Waals surface area contributed by atoms with Crippen molar-refractivity contribution >= 4 is 55.6 Å². The number of carbonyl (C=O) groups is 4. The zero-order chi connectivity index (χ0) is 40.6. The van der Waals surface area contributed by atoms with Gasteiger partial charge in [0.15, 0.2) is 11.5 Å². The van der Waals surface area contributed by atoms with Gasteiger partial charge in [-0.3, -0.25) is 19.2 Å². The number of amides is 1. The summed E-state index contributed by atoms with van der Waals surface area (Å²) in [4.78, 5) is 54.8. The smallest absolute Gasteiger partial charge is 0.227 e. The third-order valence-electron chi connectivity index (χ3n) is 9.99. The molecule has 0 saturated heterocycles. The number of fused-ring (bicyclic) bond motifs is 2. The third-order valence-corrected chi connectivity index (χ3v) is 11.2. The minimum absolute atomic E-state index is 0.0918. The fourth-order valence-corrected chi connectivity index (χ4v) is 7.18. The number of Topliss-reactive ketones (excluding diaryl/α,β-unsaturated/α-hetero) is 3. The third kappa shape index (κ3) is 10.8. The Labute approximate surface area is 327 Å². The number of benzene rings is 2. The Kier molecular flexibility index (Phi) is 15.3. The first kappa shape index (κ1) is 44.4. The normalized spacial score (nSPS) is 12.0. The van der Waals surface area contributed by atoms with Crippen molar-refractivity contribution in [3.8, 4) is 11.5 Å². The summed E-state index contributed by atoms with van der Waals surface area (Å²) in [6.07, 6.45) is 5.30. The number of ether oxygens (including phenoxy) is 2. The van der Waals surface area contributed by atoms with Crippen LogP contribution in [-0.2, 0) is 22.4 Å². The molecular weight excluding hydrogens is 699 g/mol. The van der Waals surface area contributed by atoms with Gasteiger partial charge in [0.05, 0.1) is 25.5 Å². The summed E-state index contributed by atoms with van der Waals surface area (Å²) in [7, 11) is 3.23. The molecule has 54 heavy (non-hydrogen) atoms. The molecule has 0 aliphatic rings. The van der Waals surface area contributed by atoms with E-state index in [9.17, 15) is 19.2 Å². The van der Waals surface area contributed by atoms with E-state index in [0.717, 1.165) is 72.0 Å². The number of thiophene rings is 1. The summed E-state index contributed by atoms with van der Waals surface area (Å²) in [6, 6.07) is 11.3. The molecule has 4 rings (SSSR count). The second kappa shape index (κ2) is 18.6. The molecule has 4 aromatic rings. The topological polar surface area (TPSA) is 103 Å². The summed E-state index contributed by atoms with van der Waals surface area (Å²) in [5.74, 6) is 1.91. The largest absolute Gasteiger partial charge is 0.497 e. The van der Waals surface area contributed by atoms with Gasteiger partial charge in [0.25, 0.3) is 0 Å². The lowest BCUT2D eigenvalue weighted by Gasteiger charge is -2.23. The minimum atomic E-state index is -0.587. The first-order chi connectivity index (χ1) is 25.2. The number of ketones is 3. The van der Waals surface area contributed by atoms with Crippen molar-refractivity contribution in [2.45, 2.75) is 121 Å². The molecule has 1 amide bonds. The van der Waals surface area contributed by atoms with Crippen LogP contribution in [-0.4, -0.2) is 55.5 Å². The van der Waals surface area contributed by atoms with Gasteiger partial charge in [-0.15, -0.1) is 11.3 Å². The SMILES string of the molecule is CCC(C)(C)C(=O)Cc1c(C(=O)C(C)(C)C)oc2ccc(OC)cc12.CCCCN(CCCC)C(=O)Cc1c(C(=O)C(C)(C)C)sc2ccc(OC)cc12. The van der Waals surface area contributed by atoms with E-state index >= 15 is 0 Å². The number of nitrogens with zero attached hydrogens (tertiary/aromatic N) is 1. The molecule has 0 atom stereocenters. The Morgan fingerprint density at radius 2 is 1.24 bits per heavy atom. The zero-order valence-corrected chi connectivity index (χ0v) is 35.9. The van der Waals surface area contributed by atoms with E-state index in [1.54, 1.807) is 26.4 Å². The van der Waals surface area contributed by atoms with E-state index in [4.69, 9.17) is 13.9 Å². The van der Waals surface area contributed by atoms with Crippen molar-refractivity contribution in [2.75, 3.05) is 27.3 Å². The predicted octanol–water partition coefficient (Wildman–Crippen LogP) is 11.3. The molecule has 2 heterocycles. The minimum Gasteiger partial charge on any atom is -0.497 e. The molecule has 0 spiro atoms. The second-order valence-corrected chi connectivity index (χ2v) is 17.9. The summed E-state index contributed by atoms with van der Waals surface area (Å²) < 4.78 is 17.6. The fourth-order valence-electron chi connectivity index (χ4n) is 5.83. The molecule has 8 nitrogen and oxygen atoms in total. The maximum atomic E-state index is 13.2. The van der Waals surface area contributed by atoms with Crippen LogP contribution in [0.3, 0.4) is 0 Å². The molecule has 0 N–H and O–H groups in total. The maximum Gasteiger partial charge on any atom is 0.227 e. The van der Waals surface area contributed by atoms with Gasteiger partial charge in [0, 0.05) is 56.8 Å². The molecule has 0 aliphatic heterocycles. The highest BCUT2D eigenvalue weighted by molar-refractivity contribution is 7.21. The molecule has 2 aromatic carbocycles. The highest BCUT2D eigenvalue weighted by Gasteiger charge is 2.34. The Hall–Kier alpha value is -3.98. The van der Waals surface area contributed by atoms with Gasteiger partial charge in [-0.2, -0.15) is 0 Å². The van der Waals surface area contributed by atoms with E-state index in [2.05, 4.69) is 13.8 Å². The van der Waals surface area contributed by atoms with Gasteiger partial charge in [-0.25, -0.2) is 0 Å². The van der Waals surface area contributed by atoms with Crippen molar-refractivity contribution in [3.05, 3.63) is 58.2 Å². The predicted molar refractivity (Wildman–Crippen MR) is 222 cm³/mol. The Bertz CT molecular complexity index is 1920. The van der Waals surface area contributed by atoms with E-state index in [1.165, 1.54) is 11.3 Å². The molecular formula is C45H63NO7S. The number of methoxy groups -OCH3 is 2. The lowest BCUT2D eigenvalue weighted by atomic mass is 9.81. The monoisotopic (exact) mass is 761 g/mol. The molecule has 296 valence electrons. The standard InChI is InChI=1S/C24H35NO3S.C21H28O4/c1-7-9-13-25(14-10-8-2)21(26)16-19-18-15-17(28-6)11-12-20(18)29-22(19)23(27)24(3,4)5;1-8-21(5,6)17(22)12-15-14-11-13(24-7)9-10-16(14)25-18(15)19(23)20(2,3)4/h11-12,15H,7-10,13-14,16H2,1-6H3;9-11H,8,12H2,1-7H3. The van der Waals surface area contributed by atoms with Crippen LogP contribution >= 0.6 is 11.3 Å². The van der Waals surface area contributed by atoms with Gasteiger partial charge in [-0.05, 0) is 61.2 Å². The van der Waals surface area contributed by atoms with Crippen molar-refractivity contribution in [1.82, 2.24) is 4.90 Å². The molecule has 2 aromatic heterocycles. The van der Waals surface area contributed by atoms with E-state index in [1.807, 2.05) is 91.5 Å². The van der Waals surface area contributed by atoms with E-state index < -0.39 is 16.2 Å². The van der Waals surface area contributed by atoms with Crippen molar-refractivity contribution < 1.29 is 33.1 Å². The molecule has 9 heteroatoms. The van der Waals surface area contributed by atoms with Gasteiger partial charge in [0.2, 0.25) is 11.7 Å². The lowest BCUT2D eigenvalue weighted by Crippen LogP contribution is -2.34. The molecule has 0 fully saturated rings. The first-order valence-corrected chi connectivity index (χ1v) is 20.1. The lowest BCUT2D eigenvalue weighted by molar-refractivity contribution is -0.130. The van der Waals surface area contributed by atoms with Crippen molar-refractivity contribution in [1.29, 1.82) is 0 Å². The molecule has 0 aliphatic carbocycles. The Morgan fingerprint density at radius 1 is 0.704 bits per heavy atom. The van der Waals surface area contributed by atoms with Gasteiger partial charge in [-0.1, -0.05) is 89.0 Å². The van der Waals surface area contributed by atoms with Crippen LogP contribution in [0.4, 0.5) is 0 Å². The van der Waals surface area contributed by atoms with Crippen LogP contribution in [0.2, 0.25) is 0 Å². The second-order valence-electron chi connectivity index (χ2n) is 16.8. The van der Waals surface area contributed by atoms with Gasteiger partial charge >= 0.3 is 0 Å². The fraction of sp³-hybridized carbons (Fsp3) is 0.556. The highest BCUT2D eigenvalue weighted by Crippen LogP contribution is 2.38. The summed E-state index contributed by atoms with van der Waals surface area (Å²) in [5, 5.41) is 1.73. The zero-order valence-electron chi connectivity index (χ0n) is 35.0. The van der Waals surface area contributed by atoms with E-state index in [-0.39, 0.29) is 41.9 Å². The Balaban J connectivity index is 0.000000294. The molecule has 0 bridgehead atoms. The van der Waals surface area contributed by atoms with Crippen LogP contribution in [0.5, 0.6) is 11.5 Å². The van der Waals surface area contributed by atoms with Gasteiger partial charge < -0.3 is 18.8 Å². The number of hydrogen-bond acceptors (Lipinski definition) is 8. The van der Waals surface area contributed by atoms with Crippen LogP contribution in [0.25, 0.3) is 21.1 Å². The van der Waals surface area contributed by atoms with Crippen molar-refractivity contribution in [2.24, 2.45) is 16.2 Å². The summed E-state index contributed by atoms with van der Waals surface area (Å²) in [6.45, 7) is 23.1. The molecule has 0 unspecified atom stereocenters. The number of unbranched alkanes of at least 4 members (excludes halogenated alkanes) is 2. The number of furan rings is 1.